The maximum absolute atomic E-state index is 10.6. The zero-order valence-corrected chi connectivity index (χ0v) is 16.6. The highest BCUT2D eigenvalue weighted by Crippen LogP contribution is 2.48. The number of aliphatic hydroxyl groups is 2. The number of carbonyl (C=O) groups is 1. The lowest BCUT2D eigenvalue weighted by Gasteiger charge is -2.23. The Morgan fingerprint density at radius 2 is 2.15 bits per heavy atom. The number of unbranched alkanes of at least 4 members (excludes halogenated alkanes) is 2. The molecule has 0 heterocycles. The summed E-state index contributed by atoms with van der Waals surface area (Å²) in [4.78, 5) is 10.6. The van der Waals surface area contributed by atoms with E-state index in [1.54, 1.807) is 6.08 Å². The average molecular weight is 377 g/mol. The molecule has 1 fully saturated rings. The normalized spacial score (nSPS) is 29.5. The van der Waals surface area contributed by atoms with Crippen molar-refractivity contribution in [3.8, 4) is 0 Å². The van der Waals surface area contributed by atoms with Gasteiger partial charge in [0.05, 0.1) is 11.7 Å². The van der Waals surface area contributed by atoms with E-state index in [0.717, 1.165) is 51.4 Å². The van der Waals surface area contributed by atoms with Gasteiger partial charge in [-0.3, -0.25) is 4.79 Å². The van der Waals surface area contributed by atoms with Crippen LogP contribution in [0.5, 0.6) is 0 Å². The van der Waals surface area contributed by atoms with Crippen molar-refractivity contribution in [1.82, 2.24) is 0 Å². The summed E-state index contributed by atoms with van der Waals surface area (Å²) in [6, 6.07) is 0. The van der Waals surface area contributed by atoms with Crippen molar-refractivity contribution in [2.75, 3.05) is 0 Å². The van der Waals surface area contributed by atoms with Crippen LogP contribution in [-0.2, 0) is 4.79 Å². The van der Waals surface area contributed by atoms with E-state index in [2.05, 4.69) is 25.7 Å². The predicted molar refractivity (Wildman–Crippen MR) is 108 cm³/mol. The Bertz CT molecular complexity index is 565. The molecule has 0 bridgehead atoms. The first-order valence-corrected chi connectivity index (χ1v) is 10.5. The summed E-state index contributed by atoms with van der Waals surface area (Å²) >= 11 is 0. The lowest BCUT2D eigenvalue weighted by atomic mass is 9.87. The van der Waals surface area contributed by atoms with E-state index in [0.29, 0.717) is 18.3 Å². The first-order valence-electron chi connectivity index (χ1n) is 10.5. The van der Waals surface area contributed by atoms with E-state index >= 15 is 0 Å². The zero-order chi connectivity index (χ0) is 19.9. The molecule has 3 N–H and O–H groups in total. The highest BCUT2D eigenvalue weighted by atomic mass is 16.4. The van der Waals surface area contributed by atoms with Gasteiger partial charge in [-0.15, -0.1) is 6.58 Å². The second kappa shape index (κ2) is 10.2. The highest BCUT2D eigenvalue weighted by Gasteiger charge is 2.43. The molecule has 2 rings (SSSR count). The maximum atomic E-state index is 10.6. The molecule has 0 aromatic rings. The van der Waals surface area contributed by atoms with E-state index < -0.39 is 11.6 Å². The standard InChI is InChI=1S/C23H36O4/c1-3-5-12-23(27,4-2)13-8-10-19-20-15-17(9-6-7-11-22(25)26)14-18(20)16-21(19)24/h4,8,10,14,18-21,24,27H,2-3,5-7,9,11-13,15-16H2,1H3,(H,25,26)/b10-8+/t18-,19-,20-,21+,23?/m0/s1. The topological polar surface area (TPSA) is 77.8 Å². The summed E-state index contributed by atoms with van der Waals surface area (Å²) < 4.78 is 0. The van der Waals surface area contributed by atoms with Crippen LogP contribution in [0.4, 0.5) is 0 Å². The van der Waals surface area contributed by atoms with Gasteiger partial charge < -0.3 is 15.3 Å². The molecule has 0 aliphatic heterocycles. The first kappa shape index (κ1) is 21.9. The Hall–Kier alpha value is -1.39. The number of aliphatic carboxylic acids is 1. The fourth-order valence-electron chi connectivity index (χ4n) is 4.62. The molecule has 152 valence electrons. The van der Waals surface area contributed by atoms with Gasteiger partial charge in [0.15, 0.2) is 0 Å². The molecule has 4 nitrogen and oxygen atoms in total. The molecule has 0 spiro atoms. The summed E-state index contributed by atoms with van der Waals surface area (Å²) in [6.45, 7) is 5.89. The average Bonchev–Trinajstić information content (AvgIpc) is 3.14. The molecule has 0 radical (unpaired) electrons. The van der Waals surface area contributed by atoms with Crippen molar-refractivity contribution in [1.29, 1.82) is 0 Å². The molecule has 4 heteroatoms. The zero-order valence-electron chi connectivity index (χ0n) is 16.6. The molecule has 1 unspecified atom stereocenters. The third-order valence-corrected chi connectivity index (χ3v) is 6.26. The minimum absolute atomic E-state index is 0.142. The molecular formula is C23H36O4. The molecule has 0 amide bonds. The van der Waals surface area contributed by atoms with Gasteiger partial charge in [-0.25, -0.2) is 0 Å². The van der Waals surface area contributed by atoms with Crippen LogP contribution in [-0.4, -0.2) is 33.0 Å². The van der Waals surface area contributed by atoms with E-state index in [1.807, 2.05) is 6.08 Å². The molecule has 0 aromatic carbocycles. The van der Waals surface area contributed by atoms with Crippen molar-refractivity contribution in [2.45, 2.75) is 82.8 Å². The summed E-state index contributed by atoms with van der Waals surface area (Å²) in [7, 11) is 0. The van der Waals surface area contributed by atoms with Crippen LogP contribution in [0, 0.1) is 17.8 Å². The highest BCUT2D eigenvalue weighted by molar-refractivity contribution is 5.66. The Morgan fingerprint density at radius 1 is 1.37 bits per heavy atom. The van der Waals surface area contributed by atoms with Gasteiger partial charge in [0.25, 0.3) is 0 Å². The van der Waals surface area contributed by atoms with Crippen LogP contribution in [0.15, 0.2) is 36.5 Å². The van der Waals surface area contributed by atoms with Gasteiger partial charge in [-0.2, -0.15) is 0 Å². The minimum atomic E-state index is -0.849. The van der Waals surface area contributed by atoms with Crippen LogP contribution in [0.3, 0.4) is 0 Å². The van der Waals surface area contributed by atoms with Crippen LogP contribution in [0.2, 0.25) is 0 Å². The number of fused-ring (bicyclic) bond motifs is 1. The quantitative estimate of drug-likeness (QED) is 0.343. The number of aliphatic hydroxyl groups excluding tert-OH is 1. The number of carboxylic acid groups (broad SMARTS) is 1. The Labute approximate surface area is 163 Å². The molecule has 0 saturated heterocycles. The fraction of sp³-hybridized carbons (Fsp3) is 0.696. The number of hydrogen-bond donors (Lipinski definition) is 3. The smallest absolute Gasteiger partial charge is 0.303 e. The van der Waals surface area contributed by atoms with Gasteiger partial charge in [0.1, 0.15) is 0 Å². The van der Waals surface area contributed by atoms with E-state index in [1.165, 1.54) is 5.57 Å². The minimum Gasteiger partial charge on any atom is -0.481 e. The maximum Gasteiger partial charge on any atom is 0.303 e. The number of rotatable bonds is 12. The van der Waals surface area contributed by atoms with Crippen LogP contribution in [0.1, 0.15) is 71.1 Å². The summed E-state index contributed by atoms with van der Waals surface area (Å²) in [5, 5.41) is 29.8. The lowest BCUT2D eigenvalue weighted by molar-refractivity contribution is -0.137. The second-order valence-electron chi connectivity index (χ2n) is 8.38. The fourth-order valence-corrected chi connectivity index (χ4v) is 4.62. The van der Waals surface area contributed by atoms with Gasteiger partial charge in [0, 0.05) is 12.3 Å². The predicted octanol–water partition coefficient (Wildman–Crippen LogP) is 4.63. The van der Waals surface area contributed by atoms with Crippen molar-refractivity contribution < 1.29 is 20.1 Å². The van der Waals surface area contributed by atoms with Gasteiger partial charge in [0.2, 0.25) is 0 Å². The third kappa shape index (κ3) is 6.32. The summed E-state index contributed by atoms with van der Waals surface area (Å²) in [6.07, 6.45) is 15.8. The molecule has 2 aliphatic carbocycles. The third-order valence-electron chi connectivity index (χ3n) is 6.26. The summed E-state index contributed by atoms with van der Waals surface area (Å²) in [5.41, 5.74) is 0.574. The van der Waals surface area contributed by atoms with E-state index in [9.17, 15) is 15.0 Å². The van der Waals surface area contributed by atoms with Gasteiger partial charge in [-0.1, -0.05) is 49.6 Å². The van der Waals surface area contributed by atoms with Crippen molar-refractivity contribution >= 4 is 5.97 Å². The monoisotopic (exact) mass is 376 g/mol. The molecule has 2 aliphatic rings. The molecule has 27 heavy (non-hydrogen) atoms. The molecular weight excluding hydrogens is 340 g/mol. The Balaban J connectivity index is 1.85. The van der Waals surface area contributed by atoms with Gasteiger partial charge >= 0.3 is 5.97 Å². The van der Waals surface area contributed by atoms with Crippen LogP contribution < -0.4 is 0 Å². The molecule has 0 aromatic heterocycles. The van der Waals surface area contributed by atoms with Crippen molar-refractivity contribution in [3.63, 3.8) is 0 Å². The van der Waals surface area contributed by atoms with Crippen molar-refractivity contribution in [2.24, 2.45) is 17.8 Å². The number of carboxylic acids is 1. The number of allylic oxidation sites excluding steroid dienone is 2. The second-order valence-corrected chi connectivity index (χ2v) is 8.38. The Morgan fingerprint density at radius 3 is 2.81 bits per heavy atom. The SMILES string of the molecule is C=CC(O)(C/C=C/[C@H]1[C@H]2CC(CCCCC(=O)O)=C[C@H]2C[C@H]1O)CCCC. The van der Waals surface area contributed by atoms with E-state index in [4.69, 9.17) is 5.11 Å². The van der Waals surface area contributed by atoms with Gasteiger partial charge in [-0.05, 0) is 56.8 Å². The molecule has 1 saturated carbocycles. The Kier molecular flexibility index (Phi) is 8.30. The molecule has 5 atom stereocenters. The van der Waals surface area contributed by atoms with Crippen LogP contribution in [0.25, 0.3) is 0 Å². The largest absolute Gasteiger partial charge is 0.481 e. The summed E-state index contributed by atoms with van der Waals surface area (Å²) in [5.74, 6) is 0.294. The first-order chi connectivity index (χ1) is 12.9. The number of hydrogen-bond acceptors (Lipinski definition) is 3. The lowest BCUT2D eigenvalue weighted by Crippen LogP contribution is -2.24. The van der Waals surface area contributed by atoms with Crippen molar-refractivity contribution in [3.05, 3.63) is 36.5 Å². The van der Waals surface area contributed by atoms with E-state index in [-0.39, 0.29) is 18.4 Å². The van der Waals surface area contributed by atoms with Crippen LogP contribution >= 0.6 is 0 Å².